The fraction of sp³-hybridized carbons (Fsp3) is 0.167. The molecule has 0 amide bonds. The molecule has 2 atom stereocenters. The van der Waals surface area contributed by atoms with Gasteiger partial charge < -0.3 is 13.9 Å². The van der Waals surface area contributed by atoms with Gasteiger partial charge in [0, 0.05) is 0 Å². The van der Waals surface area contributed by atoms with Gasteiger partial charge in [0.25, 0.3) is 0 Å². The highest BCUT2D eigenvalue weighted by Gasteiger charge is 2.30. The summed E-state index contributed by atoms with van der Waals surface area (Å²) in [7, 11) is 0. The van der Waals surface area contributed by atoms with Gasteiger partial charge in [-0.05, 0) is 29.3 Å². The van der Waals surface area contributed by atoms with E-state index in [9.17, 15) is 0 Å². The van der Waals surface area contributed by atoms with Gasteiger partial charge in [0.05, 0.1) is 6.26 Å². The van der Waals surface area contributed by atoms with Crippen LogP contribution in [0, 0.1) is 0 Å². The number of ether oxygens (including phenoxy) is 2. The van der Waals surface area contributed by atoms with Crippen LogP contribution in [0.5, 0.6) is 0 Å². The third-order valence-electron chi connectivity index (χ3n) is 4.96. The zero-order valence-corrected chi connectivity index (χ0v) is 15.8. The Hall–Kier alpha value is -3.60. The summed E-state index contributed by atoms with van der Waals surface area (Å²) in [5.74, 6) is 1.76. The lowest BCUT2D eigenvalue weighted by molar-refractivity contribution is 0.310. The Morgan fingerprint density at radius 2 is 1.28 bits per heavy atom. The Bertz CT molecular complexity index is 987. The maximum Gasteiger partial charge on any atom is 0.222 e. The van der Waals surface area contributed by atoms with Crippen molar-refractivity contribution in [2.75, 3.05) is 13.2 Å². The van der Waals surface area contributed by atoms with E-state index >= 15 is 0 Å². The highest BCUT2D eigenvalue weighted by molar-refractivity contribution is 6.22. The number of rotatable bonds is 5. The van der Waals surface area contributed by atoms with E-state index < -0.39 is 0 Å². The van der Waals surface area contributed by atoms with Crippen molar-refractivity contribution in [3.8, 4) is 0 Å². The van der Waals surface area contributed by atoms with Crippen molar-refractivity contribution < 1.29 is 13.9 Å². The molecule has 5 nitrogen and oxygen atoms in total. The smallest absolute Gasteiger partial charge is 0.222 e. The van der Waals surface area contributed by atoms with E-state index in [1.165, 1.54) is 0 Å². The number of benzene rings is 2. The lowest BCUT2D eigenvalue weighted by Gasteiger charge is -2.06. The molecule has 0 N–H and O–H groups in total. The van der Waals surface area contributed by atoms with E-state index in [4.69, 9.17) is 23.9 Å². The second-order valence-electron chi connectivity index (χ2n) is 6.92. The summed E-state index contributed by atoms with van der Waals surface area (Å²) in [6.45, 7) is 0.981. The van der Waals surface area contributed by atoms with Crippen molar-refractivity contribution in [1.29, 1.82) is 0 Å². The number of aliphatic imine (C=N–C) groups is 2. The summed E-state index contributed by atoms with van der Waals surface area (Å²) in [6, 6.07) is 23.9. The minimum absolute atomic E-state index is 0.0434. The molecule has 29 heavy (non-hydrogen) atoms. The minimum atomic E-state index is -0.0434. The van der Waals surface area contributed by atoms with Crippen LogP contribution in [0.3, 0.4) is 0 Å². The molecule has 0 spiro atoms. The zero-order valence-electron chi connectivity index (χ0n) is 15.8. The molecule has 144 valence electrons. The lowest BCUT2D eigenvalue weighted by Crippen LogP contribution is -2.13. The second kappa shape index (κ2) is 7.80. The third kappa shape index (κ3) is 3.72. The van der Waals surface area contributed by atoms with Crippen molar-refractivity contribution in [1.82, 2.24) is 0 Å². The van der Waals surface area contributed by atoms with Crippen molar-refractivity contribution in [2.45, 2.75) is 12.1 Å². The fourth-order valence-corrected chi connectivity index (χ4v) is 3.46. The molecule has 0 saturated heterocycles. The monoisotopic (exact) mass is 384 g/mol. The van der Waals surface area contributed by atoms with E-state index in [1.54, 1.807) is 6.26 Å². The first-order valence-corrected chi connectivity index (χ1v) is 9.64. The average Bonchev–Trinajstić information content (AvgIpc) is 3.55. The van der Waals surface area contributed by atoms with Crippen LogP contribution in [0.2, 0.25) is 0 Å². The summed E-state index contributed by atoms with van der Waals surface area (Å²) in [5, 5.41) is 0. The number of hydrogen-bond acceptors (Lipinski definition) is 5. The molecule has 0 radical (unpaired) electrons. The normalized spacial score (nSPS) is 20.4. The SMILES string of the molecule is C(=C(C1=N[C@@H](c2ccccc2)CO1)C1=N[C@@H](c2ccccc2)CO1)c1ccco1. The highest BCUT2D eigenvalue weighted by Crippen LogP contribution is 2.30. The number of furan rings is 1. The minimum Gasteiger partial charge on any atom is -0.475 e. The third-order valence-corrected chi connectivity index (χ3v) is 4.96. The number of nitrogens with zero attached hydrogens (tertiary/aromatic N) is 2. The molecule has 0 fully saturated rings. The predicted molar refractivity (Wildman–Crippen MR) is 112 cm³/mol. The second-order valence-corrected chi connectivity index (χ2v) is 6.92. The van der Waals surface area contributed by atoms with Gasteiger partial charge in [-0.1, -0.05) is 60.7 Å². The molecule has 5 heteroatoms. The fourth-order valence-electron chi connectivity index (χ4n) is 3.46. The van der Waals surface area contributed by atoms with E-state index in [0.717, 1.165) is 11.1 Å². The van der Waals surface area contributed by atoms with Gasteiger partial charge >= 0.3 is 0 Å². The van der Waals surface area contributed by atoms with Crippen LogP contribution in [-0.2, 0) is 9.47 Å². The van der Waals surface area contributed by atoms with Crippen LogP contribution < -0.4 is 0 Å². The van der Waals surface area contributed by atoms with Crippen molar-refractivity contribution in [2.24, 2.45) is 9.98 Å². The van der Waals surface area contributed by atoms with Crippen LogP contribution in [0.1, 0.15) is 29.0 Å². The van der Waals surface area contributed by atoms with Gasteiger partial charge in [-0.15, -0.1) is 0 Å². The standard InChI is InChI=1S/C24H20N2O3/c1-3-8-17(9-4-1)21-15-28-23(25-21)20(14-19-12-7-13-27-19)24-26-22(16-29-24)18-10-5-2-6-11-18/h1-14,21-22H,15-16H2/t21-,22-/m1/s1. The summed E-state index contributed by atoms with van der Waals surface area (Å²) in [5.41, 5.74) is 2.95. The van der Waals surface area contributed by atoms with Crippen LogP contribution >= 0.6 is 0 Å². The predicted octanol–water partition coefficient (Wildman–Crippen LogP) is 5.00. The van der Waals surface area contributed by atoms with Crippen LogP contribution in [0.15, 0.2) is 99.0 Å². The van der Waals surface area contributed by atoms with Crippen LogP contribution in [-0.4, -0.2) is 25.0 Å². The molecule has 3 aromatic rings. The van der Waals surface area contributed by atoms with Crippen LogP contribution in [0.4, 0.5) is 0 Å². The molecule has 0 aliphatic carbocycles. The molecule has 5 rings (SSSR count). The van der Waals surface area contributed by atoms with E-state index in [1.807, 2.05) is 54.6 Å². The van der Waals surface area contributed by atoms with Gasteiger partial charge in [0.1, 0.15) is 36.6 Å². The molecule has 0 bridgehead atoms. The molecule has 1 aromatic heterocycles. The van der Waals surface area contributed by atoms with Crippen molar-refractivity contribution >= 4 is 17.9 Å². The van der Waals surface area contributed by atoms with Gasteiger partial charge in [-0.2, -0.15) is 0 Å². The van der Waals surface area contributed by atoms with Gasteiger partial charge in [0.2, 0.25) is 11.8 Å². The van der Waals surface area contributed by atoms with Crippen LogP contribution in [0.25, 0.3) is 6.08 Å². The van der Waals surface area contributed by atoms with E-state index in [0.29, 0.717) is 36.3 Å². The first-order chi connectivity index (χ1) is 14.4. The van der Waals surface area contributed by atoms with Gasteiger partial charge in [-0.25, -0.2) is 9.98 Å². The maximum absolute atomic E-state index is 5.96. The maximum atomic E-state index is 5.96. The van der Waals surface area contributed by atoms with Crippen molar-refractivity contribution in [3.05, 3.63) is 102 Å². The molecule has 0 unspecified atom stereocenters. The summed E-state index contributed by atoms with van der Waals surface area (Å²) >= 11 is 0. The summed E-state index contributed by atoms with van der Waals surface area (Å²) in [6.07, 6.45) is 3.51. The van der Waals surface area contributed by atoms with Gasteiger partial charge in [-0.3, -0.25) is 0 Å². The Balaban J connectivity index is 1.49. The van der Waals surface area contributed by atoms with E-state index in [2.05, 4.69) is 24.3 Å². The number of hydrogen-bond donors (Lipinski definition) is 0. The highest BCUT2D eigenvalue weighted by atomic mass is 16.5. The topological polar surface area (TPSA) is 56.3 Å². The lowest BCUT2D eigenvalue weighted by atomic mass is 10.1. The van der Waals surface area contributed by atoms with E-state index in [-0.39, 0.29) is 12.1 Å². The largest absolute Gasteiger partial charge is 0.475 e. The first-order valence-electron chi connectivity index (χ1n) is 9.64. The average molecular weight is 384 g/mol. The van der Waals surface area contributed by atoms with Crippen molar-refractivity contribution in [3.63, 3.8) is 0 Å². The molecule has 2 aliphatic rings. The Morgan fingerprint density at radius 3 is 1.76 bits per heavy atom. The Kier molecular flexibility index (Phi) is 4.70. The Morgan fingerprint density at radius 1 is 0.724 bits per heavy atom. The molecular formula is C24H20N2O3. The summed E-state index contributed by atoms with van der Waals surface area (Å²) < 4.78 is 17.4. The first kappa shape index (κ1) is 17.5. The Labute approximate surface area is 169 Å². The molecule has 3 heterocycles. The molecular weight excluding hydrogens is 364 g/mol. The molecule has 2 aliphatic heterocycles. The molecule has 0 saturated carbocycles. The van der Waals surface area contributed by atoms with Gasteiger partial charge in [0.15, 0.2) is 0 Å². The summed E-state index contributed by atoms with van der Waals surface area (Å²) in [4.78, 5) is 9.61. The quantitative estimate of drug-likeness (QED) is 0.622. The zero-order chi connectivity index (χ0) is 19.5. The molecule has 2 aromatic carbocycles.